The molecule has 1 aromatic heterocycles. The van der Waals surface area contributed by atoms with Gasteiger partial charge in [0, 0.05) is 26.9 Å². The highest BCUT2D eigenvalue weighted by atomic mass is 79.9. The topological polar surface area (TPSA) is 22.1 Å². The molecule has 106 valence electrons. The second-order valence-electron chi connectivity index (χ2n) is 4.43. The van der Waals surface area contributed by atoms with Crippen LogP contribution in [0.2, 0.25) is 5.02 Å². The van der Waals surface area contributed by atoms with Crippen LogP contribution >= 0.6 is 43.5 Å². The molecule has 2 aromatic carbocycles. The van der Waals surface area contributed by atoms with E-state index in [9.17, 15) is 0 Å². The van der Waals surface area contributed by atoms with E-state index in [-0.39, 0.29) is 0 Å². The fraction of sp³-hybridized carbons (Fsp3) is 0.0625. The zero-order chi connectivity index (χ0) is 14.8. The smallest absolute Gasteiger partial charge is 0.153 e. The van der Waals surface area contributed by atoms with E-state index in [2.05, 4.69) is 36.8 Å². The molecule has 3 rings (SSSR count). The quantitative estimate of drug-likeness (QED) is 0.455. The van der Waals surface area contributed by atoms with Crippen LogP contribution in [-0.2, 0) is 5.33 Å². The van der Waals surface area contributed by atoms with Gasteiger partial charge in [-0.25, -0.2) is 0 Å². The van der Waals surface area contributed by atoms with Gasteiger partial charge in [0.25, 0.3) is 0 Å². The van der Waals surface area contributed by atoms with Gasteiger partial charge < -0.3 is 4.74 Å². The Morgan fingerprint density at radius 3 is 2.76 bits per heavy atom. The predicted octanol–water partition coefficient (Wildman–Crippen LogP) is 6.34. The first kappa shape index (κ1) is 14.8. The maximum atomic E-state index is 6.21. The first-order chi connectivity index (χ1) is 10.2. The van der Waals surface area contributed by atoms with Gasteiger partial charge in [0.05, 0.1) is 5.02 Å². The number of benzene rings is 2. The normalized spacial score (nSPS) is 10.8. The maximum absolute atomic E-state index is 6.21. The Hall–Kier alpha value is -1.10. The van der Waals surface area contributed by atoms with Gasteiger partial charge in [-0.3, -0.25) is 4.98 Å². The molecule has 0 N–H and O–H groups in total. The molecule has 5 heteroatoms. The first-order valence-electron chi connectivity index (χ1n) is 6.24. The predicted molar refractivity (Wildman–Crippen MR) is 93.6 cm³/mol. The van der Waals surface area contributed by atoms with Crippen LogP contribution in [0.15, 0.2) is 53.1 Å². The SMILES string of the molecule is Clc1ccc(Oc2cc(Br)ccc2CBr)c2ncccc12. The number of hydrogen-bond donors (Lipinski definition) is 0. The highest BCUT2D eigenvalue weighted by Gasteiger charge is 2.10. The third kappa shape index (κ3) is 3.07. The van der Waals surface area contributed by atoms with E-state index in [4.69, 9.17) is 16.3 Å². The van der Waals surface area contributed by atoms with Gasteiger partial charge >= 0.3 is 0 Å². The van der Waals surface area contributed by atoms with Crippen molar-refractivity contribution < 1.29 is 4.74 Å². The summed E-state index contributed by atoms with van der Waals surface area (Å²) in [6.45, 7) is 0. The molecule has 21 heavy (non-hydrogen) atoms. The van der Waals surface area contributed by atoms with Gasteiger partial charge in [-0.05, 0) is 36.4 Å². The van der Waals surface area contributed by atoms with Gasteiger partial charge in [0.1, 0.15) is 11.3 Å². The molecule has 0 unspecified atom stereocenters. The third-order valence-electron chi connectivity index (χ3n) is 3.07. The largest absolute Gasteiger partial charge is 0.455 e. The van der Waals surface area contributed by atoms with E-state index < -0.39 is 0 Å². The third-order valence-corrected chi connectivity index (χ3v) is 4.50. The molecular formula is C16H10Br2ClNO. The molecule has 0 radical (unpaired) electrons. The first-order valence-corrected chi connectivity index (χ1v) is 8.54. The van der Waals surface area contributed by atoms with Crippen LogP contribution in [0.3, 0.4) is 0 Å². The van der Waals surface area contributed by atoms with Gasteiger partial charge in [-0.15, -0.1) is 0 Å². The second-order valence-corrected chi connectivity index (χ2v) is 6.32. The molecule has 0 amide bonds. The number of pyridine rings is 1. The molecule has 2 nitrogen and oxygen atoms in total. The lowest BCUT2D eigenvalue weighted by molar-refractivity contribution is 0.482. The van der Waals surface area contributed by atoms with Crippen LogP contribution in [-0.4, -0.2) is 4.98 Å². The summed E-state index contributed by atoms with van der Waals surface area (Å²) in [6.07, 6.45) is 1.73. The molecule has 0 saturated heterocycles. The van der Waals surface area contributed by atoms with Crippen molar-refractivity contribution in [3.8, 4) is 11.5 Å². The number of alkyl halides is 1. The summed E-state index contributed by atoms with van der Waals surface area (Å²) in [7, 11) is 0. The fourth-order valence-electron chi connectivity index (χ4n) is 2.05. The summed E-state index contributed by atoms with van der Waals surface area (Å²) in [4.78, 5) is 4.38. The zero-order valence-corrected chi connectivity index (χ0v) is 14.7. The lowest BCUT2D eigenvalue weighted by Gasteiger charge is -2.12. The average Bonchev–Trinajstić information content (AvgIpc) is 2.51. The highest BCUT2D eigenvalue weighted by molar-refractivity contribution is 9.10. The molecule has 0 aliphatic heterocycles. The Kier molecular flexibility index (Phi) is 4.48. The summed E-state index contributed by atoms with van der Waals surface area (Å²) in [6, 6.07) is 13.4. The molecule has 0 aliphatic carbocycles. The Morgan fingerprint density at radius 2 is 1.95 bits per heavy atom. The molecule has 1 heterocycles. The number of fused-ring (bicyclic) bond motifs is 1. The van der Waals surface area contributed by atoms with Crippen LogP contribution in [0.4, 0.5) is 0 Å². The zero-order valence-electron chi connectivity index (χ0n) is 10.8. The van der Waals surface area contributed by atoms with Crippen LogP contribution < -0.4 is 4.74 Å². The summed E-state index contributed by atoms with van der Waals surface area (Å²) in [5, 5.41) is 2.27. The minimum atomic E-state index is 0.667. The number of rotatable bonds is 3. The van der Waals surface area contributed by atoms with E-state index >= 15 is 0 Å². The van der Waals surface area contributed by atoms with E-state index in [0.717, 1.165) is 26.7 Å². The van der Waals surface area contributed by atoms with E-state index in [1.54, 1.807) is 6.20 Å². The standard InChI is InChI=1S/C16H10Br2ClNO/c17-9-10-3-4-11(18)8-15(10)21-14-6-5-13(19)12-2-1-7-20-16(12)14/h1-8H,9H2. The number of hydrogen-bond acceptors (Lipinski definition) is 2. The summed E-state index contributed by atoms with van der Waals surface area (Å²) < 4.78 is 7.03. The highest BCUT2D eigenvalue weighted by Crippen LogP contribution is 2.35. The molecule has 3 aromatic rings. The lowest BCUT2D eigenvalue weighted by atomic mass is 10.2. The summed E-state index contributed by atoms with van der Waals surface area (Å²) in [5.41, 5.74) is 1.82. The minimum absolute atomic E-state index is 0.667. The molecular weight excluding hydrogens is 417 g/mol. The lowest BCUT2D eigenvalue weighted by Crippen LogP contribution is -1.92. The molecule has 0 aliphatic rings. The van der Waals surface area contributed by atoms with Crippen molar-refractivity contribution in [1.29, 1.82) is 0 Å². The number of ether oxygens (including phenoxy) is 1. The fourth-order valence-corrected chi connectivity index (χ4v) is 3.07. The Morgan fingerprint density at radius 1 is 1.10 bits per heavy atom. The number of aromatic nitrogens is 1. The van der Waals surface area contributed by atoms with Crippen molar-refractivity contribution in [3.05, 3.63) is 63.7 Å². The van der Waals surface area contributed by atoms with Gasteiger partial charge in [-0.2, -0.15) is 0 Å². The summed E-state index contributed by atoms with van der Waals surface area (Å²) in [5.74, 6) is 1.48. The Labute approximate surface area is 144 Å². The van der Waals surface area contributed by atoms with Crippen molar-refractivity contribution in [1.82, 2.24) is 4.98 Å². The molecule has 0 atom stereocenters. The van der Waals surface area contributed by atoms with Crippen molar-refractivity contribution >= 4 is 54.4 Å². The average molecular weight is 428 g/mol. The van der Waals surface area contributed by atoms with Crippen molar-refractivity contribution in [2.24, 2.45) is 0 Å². The van der Waals surface area contributed by atoms with E-state index in [0.29, 0.717) is 16.1 Å². The molecule has 0 fully saturated rings. The van der Waals surface area contributed by atoms with E-state index in [1.165, 1.54) is 0 Å². The Balaban J connectivity index is 2.11. The van der Waals surface area contributed by atoms with Crippen LogP contribution in [0.1, 0.15) is 5.56 Å². The molecule has 0 spiro atoms. The summed E-state index contributed by atoms with van der Waals surface area (Å²) >= 11 is 13.1. The number of nitrogens with zero attached hydrogens (tertiary/aromatic N) is 1. The monoisotopic (exact) mass is 425 g/mol. The van der Waals surface area contributed by atoms with E-state index in [1.807, 2.05) is 42.5 Å². The van der Waals surface area contributed by atoms with Crippen molar-refractivity contribution in [2.45, 2.75) is 5.33 Å². The van der Waals surface area contributed by atoms with Gasteiger partial charge in [0.15, 0.2) is 5.75 Å². The molecule has 0 bridgehead atoms. The van der Waals surface area contributed by atoms with Gasteiger partial charge in [-0.1, -0.05) is 49.5 Å². The van der Waals surface area contributed by atoms with Crippen LogP contribution in [0.25, 0.3) is 10.9 Å². The Bertz CT molecular complexity index is 807. The van der Waals surface area contributed by atoms with Gasteiger partial charge in [0.2, 0.25) is 0 Å². The second kappa shape index (κ2) is 6.34. The maximum Gasteiger partial charge on any atom is 0.153 e. The van der Waals surface area contributed by atoms with Crippen molar-refractivity contribution in [2.75, 3.05) is 0 Å². The number of halogens is 3. The van der Waals surface area contributed by atoms with Crippen molar-refractivity contribution in [3.63, 3.8) is 0 Å². The van der Waals surface area contributed by atoms with Crippen LogP contribution in [0.5, 0.6) is 11.5 Å². The minimum Gasteiger partial charge on any atom is -0.455 e. The molecule has 0 saturated carbocycles. The van der Waals surface area contributed by atoms with Crippen LogP contribution in [0, 0.1) is 0 Å².